The summed E-state index contributed by atoms with van der Waals surface area (Å²) in [5.74, 6) is -0.889. The maximum Gasteiger partial charge on any atom is 0.308 e. The summed E-state index contributed by atoms with van der Waals surface area (Å²) >= 11 is 0. The molecule has 0 amide bonds. The fourth-order valence-electron chi connectivity index (χ4n) is 3.12. The third-order valence-corrected chi connectivity index (χ3v) is 4.28. The van der Waals surface area contributed by atoms with Crippen LogP contribution < -0.4 is 0 Å². The zero-order valence-corrected chi connectivity index (χ0v) is 10.0. The number of fused-ring (bicyclic) bond motifs is 2. The van der Waals surface area contributed by atoms with Crippen LogP contribution in [0.25, 0.3) is 0 Å². The summed E-state index contributed by atoms with van der Waals surface area (Å²) in [4.78, 5) is 13.3. The first-order chi connectivity index (χ1) is 7.44. The van der Waals surface area contributed by atoms with Gasteiger partial charge in [-0.3, -0.25) is 9.69 Å². The van der Waals surface area contributed by atoms with Crippen LogP contribution in [0.3, 0.4) is 0 Å². The maximum absolute atomic E-state index is 11.1. The van der Waals surface area contributed by atoms with Gasteiger partial charge in [-0.1, -0.05) is 6.92 Å². The van der Waals surface area contributed by atoms with Crippen molar-refractivity contribution < 1.29 is 15.0 Å². The smallest absolute Gasteiger partial charge is 0.308 e. The second-order valence-corrected chi connectivity index (χ2v) is 5.50. The summed E-state index contributed by atoms with van der Waals surface area (Å²) in [7, 11) is 0. The molecule has 0 radical (unpaired) electrons. The lowest BCUT2D eigenvalue weighted by molar-refractivity contribution is -0.142. The van der Waals surface area contributed by atoms with Gasteiger partial charge in [0, 0.05) is 18.6 Å². The van der Waals surface area contributed by atoms with Gasteiger partial charge in [0.1, 0.15) is 0 Å². The lowest BCUT2D eigenvalue weighted by Crippen LogP contribution is -2.44. The molecule has 92 valence electrons. The highest BCUT2D eigenvalue weighted by Crippen LogP contribution is 2.42. The van der Waals surface area contributed by atoms with Crippen LogP contribution in [0.2, 0.25) is 0 Å². The molecule has 2 N–H and O–H groups in total. The van der Waals surface area contributed by atoms with Crippen molar-refractivity contribution in [3.05, 3.63) is 0 Å². The molecule has 4 heteroatoms. The van der Waals surface area contributed by atoms with Crippen LogP contribution in [0.1, 0.15) is 39.5 Å². The summed E-state index contributed by atoms with van der Waals surface area (Å²) in [6.45, 7) is 4.41. The summed E-state index contributed by atoms with van der Waals surface area (Å²) < 4.78 is 0. The quantitative estimate of drug-likeness (QED) is 0.754. The molecule has 2 fully saturated rings. The number of carbonyl (C=O) groups is 1. The zero-order chi connectivity index (χ0) is 11.9. The largest absolute Gasteiger partial charge is 0.481 e. The maximum atomic E-state index is 11.1. The van der Waals surface area contributed by atoms with Crippen LogP contribution in [-0.2, 0) is 4.79 Å². The van der Waals surface area contributed by atoms with Crippen molar-refractivity contribution in [1.82, 2.24) is 4.90 Å². The number of carboxylic acid groups (broad SMARTS) is 1. The molecule has 4 nitrogen and oxygen atoms in total. The average molecular weight is 227 g/mol. The highest BCUT2D eigenvalue weighted by molar-refractivity contribution is 5.71. The van der Waals surface area contributed by atoms with Gasteiger partial charge in [0.25, 0.3) is 0 Å². The van der Waals surface area contributed by atoms with E-state index in [0.717, 1.165) is 19.3 Å². The van der Waals surface area contributed by atoms with E-state index >= 15 is 0 Å². The number of rotatable bonds is 4. The summed E-state index contributed by atoms with van der Waals surface area (Å²) in [6, 6.07) is 0.532. The molecule has 4 atom stereocenters. The van der Waals surface area contributed by atoms with Gasteiger partial charge in [-0.05, 0) is 32.6 Å². The van der Waals surface area contributed by atoms with Crippen LogP contribution in [0, 0.1) is 5.92 Å². The summed E-state index contributed by atoms with van der Waals surface area (Å²) in [6.07, 6.45) is 3.54. The minimum atomic E-state index is -0.686. The standard InChI is InChI=1S/C12H21NO3/c1-3-12(2,16)7-13-8-4-5-10(13)9(6-8)11(14)15/h8-10,16H,3-7H2,1-2H3,(H,14,15). The molecule has 0 aliphatic carbocycles. The minimum Gasteiger partial charge on any atom is -0.481 e. The van der Waals surface area contributed by atoms with Crippen LogP contribution >= 0.6 is 0 Å². The third kappa shape index (κ3) is 1.96. The Bertz CT molecular complexity index is 290. The topological polar surface area (TPSA) is 60.8 Å². The number of hydrogen-bond donors (Lipinski definition) is 2. The first-order valence-corrected chi connectivity index (χ1v) is 6.15. The lowest BCUT2D eigenvalue weighted by atomic mass is 9.89. The second kappa shape index (κ2) is 4.00. The monoisotopic (exact) mass is 227 g/mol. The van der Waals surface area contributed by atoms with Crippen LogP contribution in [0.5, 0.6) is 0 Å². The molecule has 16 heavy (non-hydrogen) atoms. The highest BCUT2D eigenvalue weighted by Gasteiger charge is 2.50. The normalized spacial score (nSPS) is 37.6. The minimum absolute atomic E-state index is 0.153. The van der Waals surface area contributed by atoms with E-state index in [4.69, 9.17) is 5.11 Å². The molecule has 2 heterocycles. The molecule has 0 aromatic carbocycles. The van der Waals surface area contributed by atoms with E-state index in [1.807, 2.05) is 13.8 Å². The van der Waals surface area contributed by atoms with Gasteiger partial charge < -0.3 is 10.2 Å². The summed E-state index contributed by atoms with van der Waals surface area (Å²) in [5, 5.41) is 19.2. The van der Waals surface area contributed by atoms with Gasteiger partial charge in [0.2, 0.25) is 0 Å². The number of nitrogens with zero attached hydrogens (tertiary/aromatic N) is 1. The van der Waals surface area contributed by atoms with Gasteiger partial charge in [-0.2, -0.15) is 0 Å². The van der Waals surface area contributed by atoms with E-state index < -0.39 is 11.6 Å². The molecule has 2 saturated heterocycles. The Morgan fingerprint density at radius 3 is 2.69 bits per heavy atom. The zero-order valence-electron chi connectivity index (χ0n) is 10.0. The number of hydrogen-bond acceptors (Lipinski definition) is 3. The molecule has 2 aliphatic rings. The van der Waals surface area contributed by atoms with E-state index in [-0.39, 0.29) is 12.0 Å². The van der Waals surface area contributed by atoms with Crippen molar-refractivity contribution in [2.24, 2.45) is 5.92 Å². The lowest BCUT2D eigenvalue weighted by Gasteiger charge is -2.31. The van der Waals surface area contributed by atoms with Gasteiger partial charge in [-0.25, -0.2) is 0 Å². The molecular formula is C12H21NO3. The first kappa shape index (κ1) is 11.9. The van der Waals surface area contributed by atoms with Gasteiger partial charge in [0.15, 0.2) is 0 Å². The fourth-order valence-corrected chi connectivity index (χ4v) is 3.12. The SMILES string of the molecule is CCC(C)(O)CN1C2CCC1C(C(=O)O)C2. The predicted molar refractivity (Wildman–Crippen MR) is 60.2 cm³/mol. The van der Waals surface area contributed by atoms with Crippen LogP contribution in [-0.4, -0.2) is 45.3 Å². The second-order valence-electron chi connectivity index (χ2n) is 5.50. The van der Waals surface area contributed by atoms with Crippen LogP contribution in [0.4, 0.5) is 0 Å². The molecule has 0 spiro atoms. The fraction of sp³-hybridized carbons (Fsp3) is 0.917. The molecule has 2 bridgehead atoms. The predicted octanol–water partition coefficient (Wildman–Crippen LogP) is 1.08. The Kier molecular flexibility index (Phi) is 2.97. The van der Waals surface area contributed by atoms with Crippen LogP contribution in [0.15, 0.2) is 0 Å². The van der Waals surface area contributed by atoms with Crippen molar-refractivity contribution >= 4 is 5.97 Å². The van der Waals surface area contributed by atoms with Crippen molar-refractivity contribution in [3.63, 3.8) is 0 Å². The Hall–Kier alpha value is -0.610. The van der Waals surface area contributed by atoms with E-state index in [1.165, 1.54) is 0 Å². The molecule has 0 aromatic rings. The van der Waals surface area contributed by atoms with Crippen molar-refractivity contribution in [2.45, 2.75) is 57.2 Å². The first-order valence-electron chi connectivity index (χ1n) is 6.15. The van der Waals surface area contributed by atoms with Crippen molar-refractivity contribution in [2.75, 3.05) is 6.54 Å². The van der Waals surface area contributed by atoms with Gasteiger partial charge in [-0.15, -0.1) is 0 Å². The Morgan fingerprint density at radius 1 is 1.50 bits per heavy atom. The molecule has 2 rings (SSSR count). The Morgan fingerprint density at radius 2 is 2.19 bits per heavy atom. The summed E-state index contributed by atoms with van der Waals surface area (Å²) in [5.41, 5.74) is -0.686. The molecule has 0 saturated carbocycles. The molecule has 2 aliphatic heterocycles. The molecule has 4 unspecified atom stereocenters. The van der Waals surface area contributed by atoms with E-state index in [1.54, 1.807) is 0 Å². The Labute approximate surface area is 96.3 Å². The van der Waals surface area contributed by atoms with E-state index in [2.05, 4.69) is 4.90 Å². The van der Waals surface area contributed by atoms with Gasteiger partial charge in [0.05, 0.1) is 11.5 Å². The number of aliphatic carboxylic acids is 1. The van der Waals surface area contributed by atoms with E-state index in [9.17, 15) is 9.90 Å². The average Bonchev–Trinajstić information content (AvgIpc) is 2.75. The Balaban J connectivity index is 2.05. The highest BCUT2D eigenvalue weighted by atomic mass is 16.4. The molecular weight excluding hydrogens is 206 g/mol. The number of aliphatic hydroxyl groups is 1. The van der Waals surface area contributed by atoms with Gasteiger partial charge >= 0.3 is 5.97 Å². The van der Waals surface area contributed by atoms with Crippen molar-refractivity contribution in [3.8, 4) is 0 Å². The third-order valence-electron chi connectivity index (χ3n) is 4.28. The van der Waals surface area contributed by atoms with Crippen molar-refractivity contribution in [1.29, 1.82) is 0 Å². The molecule has 0 aromatic heterocycles. The van der Waals surface area contributed by atoms with E-state index in [0.29, 0.717) is 19.0 Å². The number of carboxylic acids is 1.